The molecule has 1 aliphatic rings. The molecule has 6 nitrogen and oxygen atoms in total. The van der Waals surface area contributed by atoms with Gasteiger partial charge in [-0.05, 0) is 36.9 Å². The van der Waals surface area contributed by atoms with Crippen LogP contribution in [0.3, 0.4) is 0 Å². The molecule has 1 aliphatic heterocycles. The van der Waals surface area contributed by atoms with Crippen molar-refractivity contribution in [2.24, 2.45) is 5.41 Å². The van der Waals surface area contributed by atoms with Crippen molar-refractivity contribution in [3.8, 4) is 0 Å². The van der Waals surface area contributed by atoms with Gasteiger partial charge >= 0.3 is 0 Å². The maximum absolute atomic E-state index is 11.4. The van der Waals surface area contributed by atoms with Crippen molar-refractivity contribution in [3.63, 3.8) is 0 Å². The van der Waals surface area contributed by atoms with E-state index in [1.54, 1.807) is 19.2 Å². The molecule has 1 aromatic rings. The van der Waals surface area contributed by atoms with Crippen LogP contribution in [0.25, 0.3) is 0 Å². The largest absolute Gasteiger partial charge is 0.367 e. The van der Waals surface area contributed by atoms with Gasteiger partial charge in [0, 0.05) is 19.6 Å². The predicted octanol–water partition coefficient (Wildman–Crippen LogP) is 1.03. The van der Waals surface area contributed by atoms with Crippen molar-refractivity contribution >= 4 is 11.7 Å². The molecule has 2 rings (SSSR count). The Morgan fingerprint density at radius 1 is 1.45 bits per heavy atom. The minimum atomic E-state index is -0.223. The third kappa shape index (κ3) is 3.45. The standard InChI is InChI=1S/C14H23N5O/c1-14(2)7-4-8-16-11(14)9-17-12-6-5-10(18-19-12)13(20)15-3/h5-6,11,16H,4,7-9H2,1-3H3,(H,15,20)(H,17,19). The van der Waals surface area contributed by atoms with Crippen LogP contribution >= 0.6 is 0 Å². The van der Waals surface area contributed by atoms with Crippen LogP contribution in [-0.4, -0.2) is 42.3 Å². The molecule has 0 spiro atoms. The maximum atomic E-state index is 11.4. The highest BCUT2D eigenvalue weighted by Crippen LogP contribution is 2.29. The minimum Gasteiger partial charge on any atom is -0.367 e. The van der Waals surface area contributed by atoms with E-state index in [1.165, 1.54) is 12.8 Å². The van der Waals surface area contributed by atoms with Crippen LogP contribution in [0.2, 0.25) is 0 Å². The molecule has 20 heavy (non-hydrogen) atoms. The van der Waals surface area contributed by atoms with Gasteiger partial charge in [-0.2, -0.15) is 0 Å². The van der Waals surface area contributed by atoms with E-state index in [0.29, 0.717) is 17.6 Å². The van der Waals surface area contributed by atoms with E-state index < -0.39 is 0 Å². The first-order valence-electron chi connectivity index (χ1n) is 7.06. The van der Waals surface area contributed by atoms with Crippen LogP contribution in [0, 0.1) is 5.41 Å². The van der Waals surface area contributed by atoms with Crippen molar-refractivity contribution in [1.82, 2.24) is 20.8 Å². The number of hydrogen-bond acceptors (Lipinski definition) is 5. The number of amides is 1. The molecular weight excluding hydrogens is 254 g/mol. The lowest BCUT2D eigenvalue weighted by atomic mass is 9.77. The number of rotatable bonds is 4. The highest BCUT2D eigenvalue weighted by atomic mass is 16.1. The molecule has 0 bridgehead atoms. The Kier molecular flexibility index (Phi) is 4.54. The summed E-state index contributed by atoms with van der Waals surface area (Å²) in [4.78, 5) is 11.4. The molecule has 0 radical (unpaired) electrons. The molecule has 1 atom stereocenters. The average Bonchev–Trinajstić information content (AvgIpc) is 2.45. The van der Waals surface area contributed by atoms with Crippen LogP contribution in [0.4, 0.5) is 5.82 Å². The molecule has 3 N–H and O–H groups in total. The van der Waals surface area contributed by atoms with Gasteiger partial charge < -0.3 is 16.0 Å². The zero-order valence-electron chi connectivity index (χ0n) is 12.4. The number of nitrogens with one attached hydrogen (secondary N) is 3. The second-order valence-electron chi connectivity index (χ2n) is 5.86. The molecule has 1 aromatic heterocycles. The van der Waals surface area contributed by atoms with Crippen molar-refractivity contribution < 1.29 is 4.79 Å². The Labute approximate surface area is 119 Å². The molecule has 0 aromatic carbocycles. The molecule has 6 heteroatoms. The number of aromatic nitrogens is 2. The Morgan fingerprint density at radius 3 is 2.85 bits per heavy atom. The van der Waals surface area contributed by atoms with Gasteiger partial charge in [-0.3, -0.25) is 4.79 Å². The lowest BCUT2D eigenvalue weighted by Crippen LogP contribution is -2.50. The maximum Gasteiger partial charge on any atom is 0.271 e. The van der Waals surface area contributed by atoms with Gasteiger partial charge in [-0.15, -0.1) is 10.2 Å². The molecule has 1 fully saturated rings. The van der Waals surface area contributed by atoms with E-state index in [-0.39, 0.29) is 11.3 Å². The Bertz CT molecular complexity index is 457. The predicted molar refractivity (Wildman–Crippen MR) is 78.7 cm³/mol. The van der Waals surface area contributed by atoms with E-state index in [1.807, 2.05) is 0 Å². The van der Waals surface area contributed by atoms with Crippen molar-refractivity contribution in [2.45, 2.75) is 32.7 Å². The zero-order chi connectivity index (χ0) is 14.6. The Morgan fingerprint density at radius 2 is 2.25 bits per heavy atom. The van der Waals surface area contributed by atoms with Crippen molar-refractivity contribution in [2.75, 3.05) is 25.5 Å². The van der Waals surface area contributed by atoms with Gasteiger partial charge in [0.05, 0.1) is 0 Å². The topological polar surface area (TPSA) is 78.9 Å². The van der Waals surface area contributed by atoms with E-state index in [0.717, 1.165) is 13.1 Å². The fourth-order valence-electron chi connectivity index (χ4n) is 2.50. The fraction of sp³-hybridized carbons (Fsp3) is 0.643. The molecule has 0 aliphatic carbocycles. The van der Waals surface area contributed by atoms with Crippen LogP contribution in [0.15, 0.2) is 12.1 Å². The molecule has 1 unspecified atom stereocenters. The van der Waals surface area contributed by atoms with E-state index in [9.17, 15) is 4.79 Å². The number of piperidine rings is 1. The normalized spacial score (nSPS) is 21.2. The molecule has 0 saturated carbocycles. The molecule has 1 saturated heterocycles. The molecule has 2 heterocycles. The Hall–Kier alpha value is -1.69. The highest BCUT2D eigenvalue weighted by molar-refractivity contribution is 5.91. The third-order valence-electron chi connectivity index (χ3n) is 3.94. The van der Waals surface area contributed by atoms with Crippen molar-refractivity contribution in [1.29, 1.82) is 0 Å². The smallest absolute Gasteiger partial charge is 0.271 e. The quantitative estimate of drug-likeness (QED) is 0.766. The van der Waals surface area contributed by atoms with Crippen LogP contribution in [0.1, 0.15) is 37.2 Å². The highest BCUT2D eigenvalue weighted by Gasteiger charge is 2.31. The van der Waals surface area contributed by atoms with Crippen molar-refractivity contribution in [3.05, 3.63) is 17.8 Å². The number of hydrogen-bond donors (Lipinski definition) is 3. The van der Waals surface area contributed by atoms with Crippen LogP contribution < -0.4 is 16.0 Å². The van der Waals surface area contributed by atoms with E-state index in [4.69, 9.17) is 0 Å². The summed E-state index contributed by atoms with van der Waals surface area (Å²) in [5, 5.41) is 17.3. The van der Waals surface area contributed by atoms with Gasteiger partial charge in [0.1, 0.15) is 5.82 Å². The summed E-state index contributed by atoms with van der Waals surface area (Å²) in [6.45, 7) is 6.44. The van der Waals surface area contributed by atoms with Gasteiger partial charge in [-0.25, -0.2) is 0 Å². The minimum absolute atomic E-state index is 0.223. The summed E-state index contributed by atoms with van der Waals surface area (Å²) in [7, 11) is 1.58. The zero-order valence-corrected chi connectivity index (χ0v) is 12.4. The second-order valence-corrected chi connectivity index (χ2v) is 5.86. The molecule has 110 valence electrons. The second kappa shape index (κ2) is 6.17. The van der Waals surface area contributed by atoms with E-state index >= 15 is 0 Å². The average molecular weight is 277 g/mol. The lowest BCUT2D eigenvalue weighted by molar-refractivity contribution is 0.0957. The summed E-state index contributed by atoms with van der Waals surface area (Å²) in [6.07, 6.45) is 2.46. The van der Waals surface area contributed by atoms with Gasteiger partial charge in [0.15, 0.2) is 5.69 Å². The molecular formula is C14H23N5O. The summed E-state index contributed by atoms with van der Waals surface area (Å²) in [6, 6.07) is 3.87. The first-order valence-corrected chi connectivity index (χ1v) is 7.06. The van der Waals surface area contributed by atoms with E-state index in [2.05, 4.69) is 40.0 Å². The van der Waals surface area contributed by atoms with Gasteiger partial charge in [-0.1, -0.05) is 13.8 Å². The third-order valence-corrected chi connectivity index (χ3v) is 3.94. The first-order chi connectivity index (χ1) is 9.53. The summed E-state index contributed by atoms with van der Waals surface area (Å²) in [5.74, 6) is 0.472. The first kappa shape index (κ1) is 14.7. The van der Waals surface area contributed by atoms with Gasteiger partial charge in [0.2, 0.25) is 0 Å². The number of nitrogens with zero attached hydrogens (tertiary/aromatic N) is 2. The number of carbonyl (C=O) groups excluding carboxylic acids is 1. The number of anilines is 1. The summed E-state index contributed by atoms with van der Waals surface area (Å²) < 4.78 is 0. The lowest BCUT2D eigenvalue weighted by Gasteiger charge is -2.39. The number of carbonyl (C=O) groups is 1. The summed E-state index contributed by atoms with van der Waals surface area (Å²) in [5.41, 5.74) is 0.606. The van der Waals surface area contributed by atoms with Crippen LogP contribution in [-0.2, 0) is 0 Å². The Balaban J connectivity index is 1.92. The monoisotopic (exact) mass is 277 g/mol. The summed E-state index contributed by atoms with van der Waals surface area (Å²) >= 11 is 0. The molecule has 1 amide bonds. The SMILES string of the molecule is CNC(=O)c1ccc(NCC2NCCCC2(C)C)nn1. The van der Waals surface area contributed by atoms with Gasteiger partial charge in [0.25, 0.3) is 5.91 Å². The van der Waals surface area contributed by atoms with Crippen LogP contribution in [0.5, 0.6) is 0 Å². The fourth-order valence-corrected chi connectivity index (χ4v) is 2.50.